The van der Waals surface area contributed by atoms with Crippen LogP contribution in [0.5, 0.6) is 0 Å². The third-order valence-corrected chi connectivity index (χ3v) is 2.68. The number of nitrogens with zero attached hydrogens (tertiary/aromatic N) is 2. The fourth-order valence-electron chi connectivity index (χ4n) is 1.38. The molecule has 1 aromatic rings. The molecule has 0 spiro atoms. The minimum Gasteiger partial charge on any atom is -0.366 e. The number of aromatic nitrogens is 2. The van der Waals surface area contributed by atoms with Crippen molar-refractivity contribution in [3.63, 3.8) is 0 Å². The lowest BCUT2D eigenvalue weighted by Gasteiger charge is -2.35. The maximum atomic E-state index is 12.5. The van der Waals surface area contributed by atoms with Gasteiger partial charge in [0, 0.05) is 25.1 Å². The van der Waals surface area contributed by atoms with Gasteiger partial charge in [-0.05, 0) is 15.9 Å². The maximum absolute atomic E-state index is 12.5. The Labute approximate surface area is 88.1 Å². The molecule has 14 heavy (non-hydrogen) atoms. The Bertz CT molecular complexity index is 337. The van der Waals surface area contributed by atoms with Gasteiger partial charge in [-0.25, -0.2) is 18.7 Å². The van der Waals surface area contributed by atoms with E-state index >= 15 is 0 Å². The first kappa shape index (κ1) is 9.76. The van der Waals surface area contributed by atoms with Crippen LogP contribution in [-0.4, -0.2) is 21.9 Å². The van der Waals surface area contributed by atoms with E-state index in [1.807, 2.05) is 0 Å². The molecule has 1 aliphatic rings. The van der Waals surface area contributed by atoms with Gasteiger partial charge >= 0.3 is 0 Å². The number of rotatable bonds is 2. The molecule has 0 radical (unpaired) electrons. The lowest BCUT2D eigenvalue weighted by atomic mass is 9.88. The molecule has 3 nitrogen and oxygen atoms in total. The highest BCUT2D eigenvalue weighted by Gasteiger charge is 2.45. The SMILES string of the molecule is FC1(F)CC(Nc2ncncc2Br)C1. The highest BCUT2D eigenvalue weighted by atomic mass is 79.9. The van der Waals surface area contributed by atoms with Gasteiger partial charge in [-0.2, -0.15) is 0 Å². The van der Waals surface area contributed by atoms with Crippen molar-refractivity contribution in [3.05, 3.63) is 17.0 Å². The summed E-state index contributed by atoms with van der Waals surface area (Å²) in [6.07, 6.45) is 2.71. The molecule has 76 valence electrons. The quantitative estimate of drug-likeness (QED) is 0.891. The number of halogens is 3. The largest absolute Gasteiger partial charge is 0.366 e. The van der Waals surface area contributed by atoms with Crippen molar-refractivity contribution < 1.29 is 8.78 Å². The highest BCUT2D eigenvalue weighted by Crippen LogP contribution is 2.39. The molecule has 0 bridgehead atoms. The Morgan fingerprint density at radius 2 is 2.21 bits per heavy atom. The third kappa shape index (κ3) is 2.00. The summed E-state index contributed by atoms with van der Waals surface area (Å²) >= 11 is 3.23. The van der Waals surface area contributed by atoms with Gasteiger partial charge in [-0.1, -0.05) is 0 Å². The Morgan fingerprint density at radius 3 is 2.79 bits per heavy atom. The summed E-state index contributed by atoms with van der Waals surface area (Å²) in [5, 5.41) is 2.92. The summed E-state index contributed by atoms with van der Waals surface area (Å²) in [6.45, 7) is 0. The van der Waals surface area contributed by atoms with Gasteiger partial charge in [0.2, 0.25) is 0 Å². The van der Waals surface area contributed by atoms with Crippen LogP contribution in [0.2, 0.25) is 0 Å². The topological polar surface area (TPSA) is 37.8 Å². The van der Waals surface area contributed by atoms with Crippen LogP contribution in [0, 0.1) is 0 Å². The van der Waals surface area contributed by atoms with E-state index < -0.39 is 5.92 Å². The van der Waals surface area contributed by atoms with E-state index in [9.17, 15) is 8.78 Å². The monoisotopic (exact) mass is 263 g/mol. The lowest BCUT2D eigenvalue weighted by Crippen LogP contribution is -2.44. The molecule has 1 heterocycles. The summed E-state index contributed by atoms with van der Waals surface area (Å²) in [7, 11) is 0. The zero-order valence-corrected chi connectivity index (χ0v) is 8.76. The molecule has 0 aromatic carbocycles. The fraction of sp³-hybridized carbons (Fsp3) is 0.500. The molecule has 1 saturated carbocycles. The van der Waals surface area contributed by atoms with E-state index in [2.05, 4.69) is 31.2 Å². The normalized spacial score (nSPS) is 20.2. The van der Waals surface area contributed by atoms with E-state index in [-0.39, 0.29) is 18.9 Å². The van der Waals surface area contributed by atoms with Gasteiger partial charge in [0.05, 0.1) is 4.47 Å². The molecular formula is C8H8BrF2N3. The first-order chi connectivity index (χ1) is 6.57. The Kier molecular flexibility index (Phi) is 2.38. The molecule has 1 aromatic heterocycles. The van der Waals surface area contributed by atoms with E-state index in [4.69, 9.17) is 0 Å². The van der Waals surface area contributed by atoms with Crippen molar-refractivity contribution >= 4 is 21.7 Å². The Morgan fingerprint density at radius 1 is 1.50 bits per heavy atom. The number of anilines is 1. The summed E-state index contributed by atoms with van der Waals surface area (Å²) < 4.78 is 25.7. The molecule has 0 aliphatic heterocycles. The van der Waals surface area contributed by atoms with Gasteiger partial charge in [-0.15, -0.1) is 0 Å². The minimum atomic E-state index is -2.50. The molecule has 1 N–H and O–H groups in total. The number of hydrogen-bond acceptors (Lipinski definition) is 3. The van der Waals surface area contributed by atoms with Gasteiger partial charge in [0.15, 0.2) is 0 Å². The van der Waals surface area contributed by atoms with Crippen LogP contribution >= 0.6 is 15.9 Å². The molecule has 1 fully saturated rings. The predicted molar refractivity (Wildman–Crippen MR) is 51.3 cm³/mol. The van der Waals surface area contributed by atoms with Gasteiger partial charge in [0.1, 0.15) is 12.1 Å². The van der Waals surface area contributed by atoms with Crippen LogP contribution in [0.15, 0.2) is 17.0 Å². The standard InChI is InChI=1S/C8H8BrF2N3/c9-6-3-12-4-13-7(6)14-5-1-8(10,11)2-5/h3-5H,1-2H2,(H,12,13,14). The average Bonchev–Trinajstić information content (AvgIpc) is 2.05. The van der Waals surface area contributed by atoms with Crippen molar-refractivity contribution in [2.75, 3.05) is 5.32 Å². The lowest BCUT2D eigenvalue weighted by molar-refractivity contribution is -0.0794. The minimum absolute atomic E-state index is 0.122. The molecule has 2 rings (SSSR count). The first-order valence-electron chi connectivity index (χ1n) is 4.17. The van der Waals surface area contributed by atoms with Crippen molar-refractivity contribution in [2.45, 2.75) is 24.8 Å². The van der Waals surface area contributed by atoms with E-state index in [0.717, 1.165) is 0 Å². The molecule has 0 atom stereocenters. The fourth-order valence-corrected chi connectivity index (χ4v) is 1.71. The number of alkyl halides is 2. The van der Waals surface area contributed by atoms with Crippen LogP contribution in [-0.2, 0) is 0 Å². The molecule has 0 saturated heterocycles. The summed E-state index contributed by atoms with van der Waals surface area (Å²) in [4.78, 5) is 7.71. The molecule has 1 aliphatic carbocycles. The molecule has 6 heteroatoms. The highest BCUT2D eigenvalue weighted by molar-refractivity contribution is 9.10. The number of nitrogens with one attached hydrogen (secondary N) is 1. The zero-order chi connectivity index (χ0) is 10.2. The molecular weight excluding hydrogens is 256 g/mol. The number of hydrogen-bond donors (Lipinski definition) is 1. The van der Waals surface area contributed by atoms with Crippen LogP contribution in [0.25, 0.3) is 0 Å². The summed E-state index contributed by atoms with van der Waals surface area (Å²) in [5.41, 5.74) is 0. The van der Waals surface area contributed by atoms with Gasteiger partial charge in [0.25, 0.3) is 5.92 Å². The maximum Gasteiger partial charge on any atom is 0.252 e. The van der Waals surface area contributed by atoms with Gasteiger partial charge in [-0.3, -0.25) is 0 Å². The zero-order valence-electron chi connectivity index (χ0n) is 7.17. The summed E-state index contributed by atoms with van der Waals surface area (Å²) in [5.74, 6) is -1.93. The van der Waals surface area contributed by atoms with E-state index in [0.29, 0.717) is 10.3 Å². The smallest absolute Gasteiger partial charge is 0.252 e. The molecule has 0 unspecified atom stereocenters. The van der Waals surface area contributed by atoms with Crippen molar-refractivity contribution in [1.29, 1.82) is 0 Å². The van der Waals surface area contributed by atoms with E-state index in [1.54, 1.807) is 6.20 Å². The van der Waals surface area contributed by atoms with Gasteiger partial charge < -0.3 is 5.32 Å². The van der Waals surface area contributed by atoms with Crippen molar-refractivity contribution in [3.8, 4) is 0 Å². The third-order valence-electron chi connectivity index (χ3n) is 2.10. The van der Waals surface area contributed by atoms with Crippen LogP contribution < -0.4 is 5.32 Å². The van der Waals surface area contributed by atoms with E-state index in [1.165, 1.54) is 6.33 Å². The van der Waals surface area contributed by atoms with Crippen LogP contribution in [0.1, 0.15) is 12.8 Å². The first-order valence-corrected chi connectivity index (χ1v) is 4.96. The Balaban J connectivity index is 1.97. The van der Waals surface area contributed by atoms with Crippen LogP contribution in [0.4, 0.5) is 14.6 Å². The second kappa shape index (κ2) is 3.42. The predicted octanol–water partition coefficient (Wildman–Crippen LogP) is 2.45. The Hall–Kier alpha value is -0.780. The summed E-state index contributed by atoms with van der Waals surface area (Å²) in [6, 6.07) is -0.184. The molecule has 0 amide bonds. The van der Waals surface area contributed by atoms with Crippen molar-refractivity contribution in [1.82, 2.24) is 9.97 Å². The average molecular weight is 264 g/mol. The van der Waals surface area contributed by atoms with Crippen molar-refractivity contribution in [2.24, 2.45) is 0 Å². The second-order valence-electron chi connectivity index (χ2n) is 3.32. The second-order valence-corrected chi connectivity index (χ2v) is 4.18. The van der Waals surface area contributed by atoms with Crippen LogP contribution in [0.3, 0.4) is 0 Å².